The molecule has 2 unspecified atom stereocenters. The first-order chi connectivity index (χ1) is 9.83. The van der Waals surface area contributed by atoms with E-state index in [4.69, 9.17) is 10.5 Å². The van der Waals surface area contributed by atoms with E-state index in [0.717, 1.165) is 32.0 Å². The number of nitrogens with zero attached hydrogens (tertiary/aromatic N) is 1. The lowest BCUT2D eigenvalue weighted by atomic mass is 10.0. The number of halogens is 3. The number of fused-ring (bicyclic) bond motifs is 1. The van der Waals surface area contributed by atoms with Gasteiger partial charge < -0.3 is 15.4 Å². The number of ether oxygens (including phenoxy) is 1. The fourth-order valence-electron chi connectivity index (χ4n) is 3.63. The molecule has 0 radical (unpaired) electrons. The molecular formula is C15H19F3N2O. The Morgan fingerprint density at radius 3 is 2.38 bits per heavy atom. The van der Waals surface area contributed by atoms with Gasteiger partial charge in [0, 0.05) is 18.8 Å². The third-order valence-electron chi connectivity index (χ3n) is 4.49. The minimum absolute atomic E-state index is 0.0968. The Morgan fingerprint density at radius 2 is 1.81 bits per heavy atom. The standard InChI is InChI=1S/C15H19F3N2O/c1-20-7-9-4-12(5-10(9)8-20)21-14-3-2-11(19)6-13(14)15(16,17)18/h2-3,6,9-10,12H,4-5,7-8,19H2,1H3. The van der Waals surface area contributed by atoms with Crippen LogP contribution in [0, 0.1) is 11.8 Å². The predicted octanol–water partition coefficient (Wildman–Crippen LogP) is 3.01. The van der Waals surface area contributed by atoms with Crippen molar-refractivity contribution < 1.29 is 17.9 Å². The van der Waals surface area contributed by atoms with Crippen molar-refractivity contribution in [3.05, 3.63) is 23.8 Å². The minimum atomic E-state index is -4.45. The zero-order chi connectivity index (χ0) is 15.2. The highest BCUT2D eigenvalue weighted by Crippen LogP contribution is 2.42. The summed E-state index contributed by atoms with van der Waals surface area (Å²) in [7, 11) is 2.08. The first kappa shape index (κ1) is 14.5. The number of nitrogen functional groups attached to an aromatic ring is 1. The summed E-state index contributed by atoms with van der Waals surface area (Å²) < 4.78 is 44.8. The van der Waals surface area contributed by atoms with E-state index in [1.807, 2.05) is 0 Å². The zero-order valence-electron chi connectivity index (χ0n) is 11.9. The van der Waals surface area contributed by atoms with Crippen molar-refractivity contribution in [2.75, 3.05) is 25.9 Å². The molecule has 1 aliphatic carbocycles. The van der Waals surface area contributed by atoms with Gasteiger partial charge in [0.1, 0.15) is 5.75 Å². The largest absolute Gasteiger partial charge is 0.490 e. The molecule has 2 fully saturated rings. The first-order valence-electron chi connectivity index (χ1n) is 7.15. The van der Waals surface area contributed by atoms with Crippen LogP contribution >= 0.6 is 0 Å². The van der Waals surface area contributed by atoms with Crippen molar-refractivity contribution in [3.63, 3.8) is 0 Å². The normalized spacial score (nSPS) is 29.6. The van der Waals surface area contributed by atoms with Crippen molar-refractivity contribution >= 4 is 5.69 Å². The summed E-state index contributed by atoms with van der Waals surface area (Å²) in [5.74, 6) is 0.987. The van der Waals surface area contributed by atoms with E-state index in [1.54, 1.807) is 0 Å². The summed E-state index contributed by atoms with van der Waals surface area (Å²) in [4.78, 5) is 2.27. The second-order valence-electron chi connectivity index (χ2n) is 6.21. The number of alkyl halides is 3. The van der Waals surface area contributed by atoms with E-state index in [0.29, 0.717) is 11.8 Å². The van der Waals surface area contributed by atoms with Gasteiger partial charge in [0.15, 0.2) is 0 Å². The van der Waals surface area contributed by atoms with Crippen molar-refractivity contribution in [1.29, 1.82) is 0 Å². The van der Waals surface area contributed by atoms with Crippen LogP contribution in [0.4, 0.5) is 18.9 Å². The molecule has 1 saturated carbocycles. The number of nitrogens with two attached hydrogens (primary N) is 1. The van der Waals surface area contributed by atoms with E-state index < -0.39 is 11.7 Å². The summed E-state index contributed by atoms with van der Waals surface area (Å²) in [6, 6.07) is 3.73. The Hall–Kier alpha value is -1.43. The van der Waals surface area contributed by atoms with Crippen LogP contribution in [0.25, 0.3) is 0 Å². The number of likely N-dealkylation sites (tertiary alicyclic amines) is 1. The van der Waals surface area contributed by atoms with Crippen molar-refractivity contribution in [2.45, 2.75) is 25.1 Å². The van der Waals surface area contributed by atoms with Crippen molar-refractivity contribution in [1.82, 2.24) is 4.90 Å². The van der Waals surface area contributed by atoms with Crippen molar-refractivity contribution in [3.8, 4) is 5.75 Å². The van der Waals surface area contributed by atoms with Crippen LogP contribution in [0.15, 0.2) is 18.2 Å². The lowest BCUT2D eigenvalue weighted by molar-refractivity contribution is -0.139. The summed E-state index contributed by atoms with van der Waals surface area (Å²) in [6.07, 6.45) is -2.91. The van der Waals surface area contributed by atoms with Gasteiger partial charge in [-0.15, -0.1) is 0 Å². The summed E-state index contributed by atoms with van der Waals surface area (Å²) in [5, 5.41) is 0. The van der Waals surface area contributed by atoms with Gasteiger partial charge >= 0.3 is 6.18 Å². The highest BCUT2D eigenvalue weighted by atomic mass is 19.4. The third-order valence-corrected chi connectivity index (χ3v) is 4.49. The van der Waals surface area contributed by atoms with E-state index in [2.05, 4.69) is 11.9 Å². The molecule has 3 rings (SSSR count). The van der Waals surface area contributed by atoms with Crippen LogP contribution in [-0.4, -0.2) is 31.1 Å². The second kappa shape index (κ2) is 5.09. The van der Waals surface area contributed by atoms with Gasteiger partial charge in [-0.05, 0) is 49.9 Å². The third kappa shape index (κ3) is 2.95. The molecule has 1 aromatic carbocycles. The highest BCUT2D eigenvalue weighted by molar-refractivity contribution is 5.49. The van der Waals surface area contributed by atoms with Gasteiger partial charge in [-0.3, -0.25) is 0 Å². The molecule has 1 aromatic rings. The lowest BCUT2D eigenvalue weighted by Gasteiger charge is -2.20. The van der Waals surface area contributed by atoms with Crippen LogP contribution in [0.2, 0.25) is 0 Å². The van der Waals surface area contributed by atoms with Crippen molar-refractivity contribution in [2.24, 2.45) is 11.8 Å². The average molecular weight is 300 g/mol. The molecule has 6 heteroatoms. The van der Waals surface area contributed by atoms with Crippen LogP contribution in [0.5, 0.6) is 5.75 Å². The number of hydrogen-bond donors (Lipinski definition) is 1. The van der Waals surface area contributed by atoms with Gasteiger partial charge in [0.05, 0.1) is 11.7 Å². The van der Waals surface area contributed by atoms with E-state index in [-0.39, 0.29) is 17.5 Å². The number of rotatable bonds is 2. The Bertz CT molecular complexity index is 518. The number of benzene rings is 1. The molecule has 0 aromatic heterocycles. The minimum Gasteiger partial charge on any atom is -0.490 e. The van der Waals surface area contributed by atoms with Gasteiger partial charge in [-0.1, -0.05) is 0 Å². The fourth-order valence-corrected chi connectivity index (χ4v) is 3.63. The Kier molecular flexibility index (Phi) is 3.51. The molecule has 1 saturated heterocycles. The molecule has 1 aliphatic heterocycles. The Morgan fingerprint density at radius 1 is 1.19 bits per heavy atom. The highest BCUT2D eigenvalue weighted by Gasteiger charge is 2.42. The molecule has 2 N–H and O–H groups in total. The van der Waals surface area contributed by atoms with Gasteiger partial charge in [0.2, 0.25) is 0 Å². The Labute approximate surface area is 121 Å². The molecular weight excluding hydrogens is 281 g/mol. The summed E-state index contributed by atoms with van der Waals surface area (Å²) in [6.45, 7) is 2.02. The smallest absolute Gasteiger partial charge is 0.420 e. The molecule has 2 aliphatic rings. The lowest BCUT2D eigenvalue weighted by Crippen LogP contribution is -2.21. The molecule has 0 bridgehead atoms. The zero-order valence-corrected chi connectivity index (χ0v) is 11.9. The summed E-state index contributed by atoms with van der Waals surface area (Å²) in [5.41, 5.74) is 4.78. The SMILES string of the molecule is CN1CC2CC(Oc3ccc(N)cc3C(F)(F)F)CC2C1. The Balaban J connectivity index is 1.74. The molecule has 1 heterocycles. The van der Waals surface area contributed by atoms with Gasteiger partial charge in [-0.25, -0.2) is 0 Å². The summed E-state index contributed by atoms with van der Waals surface area (Å²) >= 11 is 0. The van der Waals surface area contributed by atoms with Crippen LogP contribution < -0.4 is 10.5 Å². The molecule has 0 amide bonds. The quantitative estimate of drug-likeness (QED) is 0.853. The van der Waals surface area contributed by atoms with Crippen LogP contribution in [0.3, 0.4) is 0 Å². The molecule has 3 nitrogen and oxygen atoms in total. The second-order valence-corrected chi connectivity index (χ2v) is 6.21. The number of anilines is 1. The topological polar surface area (TPSA) is 38.5 Å². The molecule has 116 valence electrons. The van der Waals surface area contributed by atoms with Crippen LogP contribution in [0.1, 0.15) is 18.4 Å². The maximum atomic E-state index is 13.0. The van der Waals surface area contributed by atoms with E-state index >= 15 is 0 Å². The van der Waals surface area contributed by atoms with Gasteiger partial charge in [0.25, 0.3) is 0 Å². The number of hydrogen-bond acceptors (Lipinski definition) is 3. The first-order valence-corrected chi connectivity index (χ1v) is 7.15. The van der Waals surface area contributed by atoms with E-state index in [1.165, 1.54) is 12.1 Å². The maximum absolute atomic E-state index is 13.0. The van der Waals surface area contributed by atoms with Gasteiger partial charge in [-0.2, -0.15) is 13.2 Å². The molecule has 2 atom stereocenters. The van der Waals surface area contributed by atoms with E-state index in [9.17, 15) is 13.2 Å². The molecule has 21 heavy (non-hydrogen) atoms. The average Bonchev–Trinajstić information content (AvgIpc) is 2.86. The fraction of sp³-hybridized carbons (Fsp3) is 0.600. The van der Waals surface area contributed by atoms with Crippen LogP contribution in [-0.2, 0) is 6.18 Å². The monoisotopic (exact) mass is 300 g/mol. The molecule has 0 spiro atoms. The predicted molar refractivity (Wildman–Crippen MR) is 74.0 cm³/mol. The maximum Gasteiger partial charge on any atom is 0.420 e.